The Balaban J connectivity index is 2.19. The zero-order valence-corrected chi connectivity index (χ0v) is 12.1. The number of nitrogens with zero attached hydrogens (tertiary/aromatic N) is 2. The van der Waals surface area contributed by atoms with Crippen LogP contribution >= 0.6 is 11.3 Å². The number of hydrogen-bond donors (Lipinski definition) is 1. The molecule has 6 nitrogen and oxygen atoms in total. The first-order valence-corrected chi connectivity index (χ1v) is 8.19. The highest BCUT2D eigenvalue weighted by atomic mass is 32.2. The number of halogens is 3. The van der Waals surface area contributed by atoms with Crippen LogP contribution < -0.4 is 0 Å². The van der Waals surface area contributed by atoms with E-state index in [4.69, 9.17) is 5.11 Å². The summed E-state index contributed by atoms with van der Waals surface area (Å²) >= 11 is 0.641. The van der Waals surface area contributed by atoms with E-state index >= 15 is 0 Å². The van der Waals surface area contributed by atoms with Gasteiger partial charge in [0, 0.05) is 13.1 Å². The maximum absolute atomic E-state index is 12.6. The van der Waals surface area contributed by atoms with Gasteiger partial charge in [0.15, 0.2) is 9.90 Å². The normalized spacial score (nSPS) is 18.8. The van der Waals surface area contributed by atoms with Gasteiger partial charge in [0.2, 0.25) is 0 Å². The Kier molecular flexibility index (Phi) is 4.26. The zero-order chi connectivity index (χ0) is 15.8. The van der Waals surface area contributed by atoms with Gasteiger partial charge < -0.3 is 5.11 Å². The van der Waals surface area contributed by atoms with E-state index in [1.165, 1.54) is 0 Å². The maximum Gasteiger partial charge on any atom is 0.391 e. The van der Waals surface area contributed by atoms with Crippen molar-refractivity contribution < 1.29 is 31.5 Å². The van der Waals surface area contributed by atoms with Crippen LogP contribution in [0.2, 0.25) is 0 Å². The lowest BCUT2D eigenvalue weighted by Crippen LogP contribution is -2.42. The van der Waals surface area contributed by atoms with Gasteiger partial charge in [-0.05, 0) is 12.8 Å². The van der Waals surface area contributed by atoms with Crippen LogP contribution in [0.4, 0.5) is 13.2 Å². The number of alkyl halides is 3. The number of aromatic nitrogens is 1. The molecule has 0 spiro atoms. The van der Waals surface area contributed by atoms with Gasteiger partial charge in [-0.2, -0.15) is 17.5 Å². The Hall–Kier alpha value is -1.20. The van der Waals surface area contributed by atoms with Gasteiger partial charge in [-0.25, -0.2) is 18.2 Å². The Morgan fingerprint density at radius 3 is 2.43 bits per heavy atom. The molecule has 11 heteroatoms. The largest absolute Gasteiger partial charge is 0.476 e. The molecule has 0 bridgehead atoms. The van der Waals surface area contributed by atoms with Crippen LogP contribution in [0.25, 0.3) is 0 Å². The van der Waals surface area contributed by atoms with Crippen LogP contribution in [-0.2, 0) is 10.0 Å². The van der Waals surface area contributed by atoms with E-state index < -0.39 is 38.0 Å². The Labute approximate surface area is 122 Å². The molecule has 0 atom stereocenters. The number of carboxylic acids is 1. The van der Waals surface area contributed by atoms with Crippen molar-refractivity contribution in [1.82, 2.24) is 9.29 Å². The SMILES string of the molecule is O=C(O)c1ncsc1S(=O)(=O)N1CCC(C(F)(F)F)CC1. The van der Waals surface area contributed by atoms with Gasteiger partial charge in [0.25, 0.3) is 10.0 Å². The summed E-state index contributed by atoms with van der Waals surface area (Å²) in [5, 5.41) is 8.88. The van der Waals surface area contributed by atoms with Gasteiger partial charge in [0.05, 0.1) is 11.4 Å². The molecule has 2 rings (SSSR count). The predicted molar refractivity (Wildman–Crippen MR) is 66.6 cm³/mol. The van der Waals surface area contributed by atoms with Crippen LogP contribution in [-0.4, -0.2) is 48.0 Å². The molecule has 1 aromatic heterocycles. The number of carbonyl (C=O) groups is 1. The third-order valence-electron chi connectivity index (χ3n) is 3.23. The third kappa shape index (κ3) is 3.19. The highest BCUT2D eigenvalue weighted by Gasteiger charge is 2.43. The van der Waals surface area contributed by atoms with Crippen LogP contribution in [0.5, 0.6) is 0 Å². The second-order valence-corrected chi connectivity index (χ2v) is 7.50. The summed E-state index contributed by atoms with van der Waals surface area (Å²) in [5.74, 6) is -3.01. The Morgan fingerprint density at radius 1 is 1.38 bits per heavy atom. The maximum atomic E-state index is 12.6. The molecule has 1 fully saturated rings. The molecule has 1 aromatic rings. The van der Waals surface area contributed by atoms with Crippen LogP contribution in [0.1, 0.15) is 23.3 Å². The van der Waals surface area contributed by atoms with Gasteiger partial charge >= 0.3 is 12.1 Å². The standard InChI is InChI=1S/C10H11F3N2O4S2/c11-10(12,13)6-1-3-15(4-2-6)21(18,19)9-7(8(16)17)14-5-20-9/h5-6H,1-4H2,(H,16,17). The lowest BCUT2D eigenvalue weighted by molar-refractivity contribution is -0.182. The minimum atomic E-state index is -4.34. The van der Waals surface area contributed by atoms with Gasteiger partial charge in [-0.3, -0.25) is 0 Å². The van der Waals surface area contributed by atoms with Crippen molar-refractivity contribution in [2.45, 2.75) is 23.2 Å². The fourth-order valence-electron chi connectivity index (χ4n) is 2.10. The van der Waals surface area contributed by atoms with E-state index in [0.717, 1.165) is 9.82 Å². The second kappa shape index (κ2) is 5.54. The number of thiazole rings is 1. The van der Waals surface area contributed by atoms with E-state index in [-0.39, 0.29) is 25.9 Å². The van der Waals surface area contributed by atoms with Crippen LogP contribution in [0.15, 0.2) is 9.72 Å². The van der Waals surface area contributed by atoms with E-state index in [9.17, 15) is 26.4 Å². The lowest BCUT2D eigenvalue weighted by Gasteiger charge is -2.31. The summed E-state index contributed by atoms with van der Waals surface area (Å²) in [6, 6.07) is 0. The monoisotopic (exact) mass is 344 g/mol. The highest BCUT2D eigenvalue weighted by molar-refractivity contribution is 7.91. The topological polar surface area (TPSA) is 87.6 Å². The first-order valence-electron chi connectivity index (χ1n) is 5.87. The second-order valence-electron chi connectivity index (χ2n) is 4.51. The molecular weight excluding hydrogens is 333 g/mol. The van der Waals surface area contributed by atoms with Crippen molar-refractivity contribution in [3.05, 3.63) is 11.2 Å². The Bertz CT molecular complexity index is 633. The molecular formula is C10H11F3N2O4S2. The molecule has 0 amide bonds. The van der Waals surface area contributed by atoms with Crippen molar-refractivity contribution in [3.8, 4) is 0 Å². The van der Waals surface area contributed by atoms with Gasteiger partial charge in [-0.15, -0.1) is 11.3 Å². The summed E-state index contributed by atoms with van der Waals surface area (Å²) in [6.07, 6.45) is -5.00. The molecule has 0 aliphatic carbocycles. The summed E-state index contributed by atoms with van der Waals surface area (Å²) in [4.78, 5) is 14.4. The number of rotatable bonds is 3. The van der Waals surface area contributed by atoms with Crippen molar-refractivity contribution in [2.24, 2.45) is 5.92 Å². The van der Waals surface area contributed by atoms with E-state index in [0.29, 0.717) is 11.3 Å². The zero-order valence-electron chi connectivity index (χ0n) is 10.5. The van der Waals surface area contributed by atoms with Gasteiger partial charge in [0.1, 0.15) is 0 Å². The van der Waals surface area contributed by atoms with Crippen molar-refractivity contribution >= 4 is 27.3 Å². The van der Waals surface area contributed by atoms with Crippen LogP contribution in [0, 0.1) is 5.92 Å². The Morgan fingerprint density at radius 2 is 1.95 bits per heavy atom. The molecule has 0 saturated carbocycles. The molecule has 118 valence electrons. The van der Waals surface area contributed by atoms with E-state index in [1.54, 1.807) is 0 Å². The number of carboxylic acid groups (broad SMARTS) is 1. The third-order valence-corrected chi connectivity index (χ3v) is 6.47. The number of piperidine rings is 1. The summed E-state index contributed by atoms with van der Waals surface area (Å²) in [7, 11) is -4.12. The number of sulfonamides is 1. The molecule has 0 radical (unpaired) electrons. The van der Waals surface area contributed by atoms with Crippen LogP contribution in [0.3, 0.4) is 0 Å². The minimum absolute atomic E-state index is 0.288. The summed E-state index contributed by atoms with van der Waals surface area (Å²) < 4.78 is 62.7. The molecule has 1 aliphatic heterocycles. The quantitative estimate of drug-likeness (QED) is 0.903. The van der Waals surface area contributed by atoms with Crippen molar-refractivity contribution in [2.75, 3.05) is 13.1 Å². The first-order chi connectivity index (χ1) is 9.64. The molecule has 0 unspecified atom stereocenters. The van der Waals surface area contributed by atoms with E-state index in [1.807, 2.05) is 0 Å². The summed E-state index contributed by atoms with van der Waals surface area (Å²) in [6.45, 7) is -0.576. The minimum Gasteiger partial charge on any atom is -0.476 e. The molecule has 1 saturated heterocycles. The smallest absolute Gasteiger partial charge is 0.391 e. The molecule has 1 N–H and O–H groups in total. The average Bonchev–Trinajstić information content (AvgIpc) is 2.88. The average molecular weight is 344 g/mol. The molecule has 0 aromatic carbocycles. The van der Waals surface area contributed by atoms with E-state index in [2.05, 4.69) is 4.98 Å². The fourth-order valence-corrected chi connectivity index (χ4v) is 4.85. The molecule has 2 heterocycles. The number of hydrogen-bond acceptors (Lipinski definition) is 5. The first kappa shape index (κ1) is 16.2. The predicted octanol–water partition coefficient (Wildman–Crippen LogP) is 1.80. The summed E-state index contributed by atoms with van der Waals surface area (Å²) in [5.41, 5.74) is 0.483. The fraction of sp³-hybridized carbons (Fsp3) is 0.600. The lowest BCUT2D eigenvalue weighted by atomic mass is 9.98. The van der Waals surface area contributed by atoms with Gasteiger partial charge in [-0.1, -0.05) is 0 Å². The van der Waals surface area contributed by atoms with Crippen molar-refractivity contribution in [3.63, 3.8) is 0 Å². The molecule has 1 aliphatic rings. The molecule has 21 heavy (non-hydrogen) atoms. The van der Waals surface area contributed by atoms with Crippen molar-refractivity contribution in [1.29, 1.82) is 0 Å². The highest BCUT2D eigenvalue weighted by Crippen LogP contribution is 2.36. The number of aromatic carboxylic acids is 1.